The number of nitrogens with zero attached hydrogens (tertiary/aromatic N) is 3. The maximum atomic E-state index is 12.5. The molecule has 3 rings (SSSR count). The molecule has 0 saturated heterocycles. The molecule has 1 heterocycles. The number of amides is 2. The first-order valence-corrected chi connectivity index (χ1v) is 9.54. The van der Waals surface area contributed by atoms with Crippen molar-refractivity contribution >= 4 is 46.4 Å². The molecule has 0 saturated carbocycles. The average molecular weight is 432 g/mol. The number of rotatable bonds is 5. The van der Waals surface area contributed by atoms with Gasteiger partial charge < -0.3 is 10.6 Å². The van der Waals surface area contributed by atoms with E-state index in [1.807, 2.05) is 19.9 Å². The summed E-state index contributed by atoms with van der Waals surface area (Å²) in [6, 6.07) is 10.6. The van der Waals surface area contributed by atoms with Crippen molar-refractivity contribution in [3.05, 3.63) is 69.0 Å². The first-order valence-electron chi connectivity index (χ1n) is 8.79. The lowest BCUT2D eigenvalue weighted by Crippen LogP contribution is -2.21. The highest BCUT2D eigenvalue weighted by molar-refractivity contribution is 6.34. The molecule has 7 nitrogen and oxygen atoms in total. The highest BCUT2D eigenvalue weighted by Gasteiger charge is 2.19. The number of hydrogen-bond donors (Lipinski definition) is 2. The van der Waals surface area contributed by atoms with Crippen LogP contribution in [-0.2, 0) is 11.3 Å². The first-order chi connectivity index (χ1) is 13.8. The zero-order valence-corrected chi connectivity index (χ0v) is 17.6. The third-order valence-corrected chi connectivity index (χ3v) is 5.13. The molecule has 0 spiro atoms. The highest BCUT2D eigenvalue weighted by Crippen LogP contribution is 2.24. The van der Waals surface area contributed by atoms with Gasteiger partial charge in [-0.2, -0.15) is 0 Å². The number of benzene rings is 2. The molecule has 150 valence electrons. The summed E-state index contributed by atoms with van der Waals surface area (Å²) >= 11 is 12.2. The topological polar surface area (TPSA) is 88.9 Å². The number of halogens is 2. The largest absolute Gasteiger partial charge is 0.324 e. The second-order valence-corrected chi connectivity index (χ2v) is 7.39. The van der Waals surface area contributed by atoms with Crippen LogP contribution in [0.4, 0.5) is 11.4 Å². The fraction of sp³-hybridized carbons (Fsp3) is 0.200. The van der Waals surface area contributed by atoms with Crippen LogP contribution in [0.1, 0.15) is 27.3 Å². The van der Waals surface area contributed by atoms with E-state index in [4.69, 9.17) is 23.2 Å². The van der Waals surface area contributed by atoms with Crippen LogP contribution in [0.15, 0.2) is 36.4 Å². The average Bonchev–Trinajstić information content (AvgIpc) is 3.02. The molecule has 0 aliphatic rings. The smallest absolute Gasteiger partial charge is 0.278 e. The van der Waals surface area contributed by atoms with Gasteiger partial charge >= 0.3 is 0 Å². The lowest BCUT2D eigenvalue weighted by molar-refractivity contribution is -0.117. The maximum Gasteiger partial charge on any atom is 0.278 e. The quantitative estimate of drug-likeness (QED) is 0.626. The number of carbonyl (C=O) groups excluding carboxylic acids is 2. The van der Waals surface area contributed by atoms with Gasteiger partial charge in [0.15, 0.2) is 5.69 Å². The molecule has 0 bridgehead atoms. The van der Waals surface area contributed by atoms with E-state index in [9.17, 15) is 9.59 Å². The van der Waals surface area contributed by atoms with Crippen molar-refractivity contribution in [2.45, 2.75) is 27.3 Å². The SMILES string of the molecule is Cc1ccc(NC(=O)c2nnn(CC(=O)Nc3cccc(Cl)c3C)c2C)c(Cl)c1. The zero-order chi connectivity index (χ0) is 21.1. The van der Waals surface area contributed by atoms with Gasteiger partial charge in [0.1, 0.15) is 6.54 Å². The van der Waals surface area contributed by atoms with Gasteiger partial charge in [0.05, 0.1) is 16.4 Å². The van der Waals surface area contributed by atoms with E-state index in [2.05, 4.69) is 20.9 Å². The third kappa shape index (κ3) is 4.75. The van der Waals surface area contributed by atoms with E-state index in [1.54, 1.807) is 37.3 Å². The van der Waals surface area contributed by atoms with Crippen LogP contribution in [0.3, 0.4) is 0 Å². The van der Waals surface area contributed by atoms with Crippen LogP contribution in [0.2, 0.25) is 10.0 Å². The van der Waals surface area contributed by atoms with Gasteiger partial charge in [-0.3, -0.25) is 9.59 Å². The van der Waals surface area contributed by atoms with Gasteiger partial charge in [-0.15, -0.1) is 5.10 Å². The molecule has 0 aliphatic carbocycles. The third-order valence-electron chi connectivity index (χ3n) is 4.41. The Morgan fingerprint density at radius 1 is 1.00 bits per heavy atom. The summed E-state index contributed by atoms with van der Waals surface area (Å²) in [5, 5.41) is 14.3. The Bertz CT molecular complexity index is 1090. The highest BCUT2D eigenvalue weighted by atomic mass is 35.5. The van der Waals surface area contributed by atoms with E-state index >= 15 is 0 Å². The molecule has 0 unspecified atom stereocenters. The Morgan fingerprint density at radius 2 is 1.76 bits per heavy atom. The van der Waals surface area contributed by atoms with Crippen molar-refractivity contribution in [3.8, 4) is 0 Å². The van der Waals surface area contributed by atoms with Crippen molar-refractivity contribution in [2.24, 2.45) is 0 Å². The molecule has 0 fully saturated rings. The summed E-state index contributed by atoms with van der Waals surface area (Å²) in [5.41, 5.74) is 3.43. The molecule has 0 atom stereocenters. The fourth-order valence-electron chi connectivity index (χ4n) is 2.69. The Hall–Kier alpha value is -2.90. The molecular weight excluding hydrogens is 413 g/mol. The second-order valence-electron chi connectivity index (χ2n) is 6.58. The van der Waals surface area contributed by atoms with Crippen LogP contribution in [-0.4, -0.2) is 26.8 Å². The predicted octanol–water partition coefficient (Wildman–Crippen LogP) is 4.40. The van der Waals surface area contributed by atoms with Gasteiger partial charge in [0.2, 0.25) is 5.91 Å². The number of carbonyl (C=O) groups is 2. The molecule has 0 aliphatic heterocycles. The molecular formula is C20H19Cl2N5O2. The van der Waals surface area contributed by atoms with Gasteiger partial charge in [-0.05, 0) is 56.2 Å². The maximum absolute atomic E-state index is 12.5. The summed E-state index contributed by atoms with van der Waals surface area (Å²) in [6.07, 6.45) is 0. The standard InChI is InChI=1S/C20H19Cl2N5O2/c1-11-7-8-17(15(22)9-11)24-20(29)19-13(3)27(26-25-19)10-18(28)23-16-6-4-5-14(21)12(16)2/h4-9H,10H2,1-3H3,(H,23,28)(H,24,29). The Labute approximate surface area is 178 Å². The van der Waals surface area contributed by atoms with Crippen LogP contribution in [0.25, 0.3) is 0 Å². The van der Waals surface area contributed by atoms with Gasteiger partial charge in [-0.25, -0.2) is 4.68 Å². The Kier molecular flexibility index (Phi) is 6.20. The molecule has 2 amide bonds. The number of anilines is 2. The summed E-state index contributed by atoms with van der Waals surface area (Å²) in [6.45, 7) is 5.30. The van der Waals surface area contributed by atoms with Crippen LogP contribution >= 0.6 is 23.2 Å². The summed E-state index contributed by atoms with van der Waals surface area (Å²) in [5.74, 6) is -0.762. The number of nitrogens with one attached hydrogen (secondary N) is 2. The van der Waals surface area contributed by atoms with Crippen LogP contribution in [0, 0.1) is 20.8 Å². The van der Waals surface area contributed by atoms with Crippen LogP contribution in [0.5, 0.6) is 0 Å². The summed E-state index contributed by atoms with van der Waals surface area (Å²) in [7, 11) is 0. The summed E-state index contributed by atoms with van der Waals surface area (Å²) in [4.78, 5) is 24.9. The van der Waals surface area contributed by atoms with E-state index in [-0.39, 0.29) is 18.1 Å². The molecule has 3 aromatic rings. The molecule has 29 heavy (non-hydrogen) atoms. The fourth-order valence-corrected chi connectivity index (χ4v) is 3.15. The van der Waals surface area contributed by atoms with Gasteiger partial charge in [0, 0.05) is 10.7 Å². The number of aromatic nitrogens is 3. The Morgan fingerprint density at radius 3 is 2.48 bits per heavy atom. The van der Waals surface area contributed by atoms with Crippen molar-refractivity contribution in [2.75, 3.05) is 10.6 Å². The lowest BCUT2D eigenvalue weighted by Gasteiger charge is -2.10. The van der Waals surface area contributed by atoms with E-state index in [1.165, 1.54) is 4.68 Å². The molecule has 9 heteroatoms. The lowest BCUT2D eigenvalue weighted by atomic mass is 10.2. The normalized spacial score (nSPS) is 10.7. The van der Waals surface area contributed by atoms with Gasteiger partial charge in [-0.1, -0.05) is 40.5 Å². The predicted molar refractivity (Wildman–Crippen MR) is 114 cm³/mol. The zero-order valence-electron chi connectivity index (χ0n) is 16.1. The number of hydrogen-bond acceptors (Lipinski definition) is 4. The van der Waals surface area contributed by atoms with Crippen molar-refractivity contribution in [1.29, 1.82) is 0 Å². The molecule has 2 N–H and O–H groups in total. The first kappa shape index (κ1) is 20.8. The van der Waals surface area contributed by atoms with Gasteiger partial charge in [0.25, 0.3) is 5.91 Å². The minimum absolute atomic E-state index is 0.0939. The molecule has 0 radical (unpaired) electrons. The van der Waals surface area contributed by atoms with E-state index in [0.29, 0.717) is 27.1 Å². The summed E-state index contributed by atoms with van der Waals surface area (Å²) < 4.78 is 1.36. The van der Waals surface area contributed by atoms with E-state index in [0.717, 1.165) is 11.1 Å². The Balaban J connectivity index is 1.70. The minimum Gasteiger partial charge on any atom is -0.324 e. The minimum atomic E-state index is -0.453. The number of aryl methyl sites for hydroxylation is 1. The molecule has 2 aromatic carbocycles. The van der Waals surface area contributed by atoms with Crippen LogP contribution < -0.4 is 10.6 Å². The monoisotopic (exact) mass is 431 g/mol. The van der Waals surface area contributed by atoms with Crippen molar-refractivity contribution in [1.82, 2.24) is 15.0 Å². The van der Waals surface area contributed by atoms with Crippen molar-refractivity contribution in [3.63, 3.8) is 0 Å². The van der Waals surface area contributed by atoms with Crippen molar-refractivity contribution < 1.29 is 9.59 Å². The second kappa shape index (κ2) is 8.63. The molecule has 1 aromatic heterocycles. The van der Waals surface area contributed by atoms with E-state index < -0.39 is 5.91 Å².